The molecule has 226 valence electrons. The van der Waals surface area contributed by atoms with Gasteiger partial charge in [0.1, 0.15) is 17.5 Å². The van der Waals surface area contributed by atoms with Crippen molar-refractivity contribution in [3.63, 3.8) is 0 Å². The minimum absolute atomic E-state index is 0.0245. The molecule has 2 fully saturated rings. The summed E-state index contributed by atoms with van der Waals surface area (Å²) in [5, 5.41) is 4.99. The molecule has 4 aromatic rings. The molecule has 0 aliphatic carbocycles. The molecule has 1 N–H and O–H groups in total. The Balaban J connectivity index is 1.16. The number of benzene rings is 2. The molecule has 10 nitrogen and oxygen atoms in total. The predicted octanol–water partition coefficient (Wildman–Crippen LogP) is 4.04. The van der Waals surface area contributed by atoms with Crippen molar-refractivity contribution in [2.75, 3.05) is 32.2 Å². The predicted molar refractivity (Wildman–Crippen MR) is 168 cm³/mol. The summed E-state index contributed by atoms with van der Waals surface area (Å²) >= 11 is 1.54. The summed E-state index contributed by atoms with van der Waals surface area (Å²) in [6.07, 6.45) is 3.31. The first-order valence-corrected chi connectivity index (χ1v) is 15.5. The van der Waals surface area contributed by atoms with Gasteiger partial charge in [-0.1, -0.05) is 6.07 Å². The van der Waals surface area contributed by atoms with Gasteiger partial charge in [-0.3, -0.25) is 24.5 Å². The Morgan fingerprint density at radius 1 is 0.955 bits per heavy atom. The minimum Gasteiger partial charge on any atom is -0.496 e. The number of hydrogen-bond donors (Lipinski definition) is 1. The van der Waals surface area contributed by atoms with Crippen LogP contribution in [0.3, 0.4) is 0 Å². The molecule has 3 amide bonds. The molecule has 44 heavy (non-hydrogen) atoms. The van der Waals surface area contributed by atoms with Crippen LogP contribution in [-0.4, -0.2) is 60.5 Å². The van der Waals surface area contributed by atoms with Gasteiger partial charge in [-0.05, 0) is 59.7 Å². The van der Waals surface area contributed by atoms with Crippen LogP contribution in [0, 0.1) is 0 Å². The first kappa shape index (κ1) is 28.1. The van der Waals surface area contributed by atoms with Crippen LogP contribution in [0.1, 0.15) is 46.7 Å². The summed E-state index contributed by atoms with van der Waals surface area (Å²) in [7, 11) is 5.09. The quantitative estimate of drug-likeness (QED) is 0.328. The molecule has 2 unspecified atom stereocenters. The largest absolute Gasteiger partial charge is 0.496 e. The third-order valence-corrected chi connectivity index (χ3v) is 10.1. The smallest absolute Gasteiger partial charge is 0.259 e. The van der Waals surface area contributed by atoms with E-state index in [2.05, 4.69) is 10.2 Å². The van der Waals surface area contributed by atoms with Crippen LogP contribution in [0.2, 0.25) is 0 Å². The number of nitrogens with one attached hydrogen (secondary N) is 1. The Labute approximate surface area is 257 Å². The lowest BCUT2D eigenvalue weighted by Crippen LogP contribution is -2.52. The Kier molecular flexibility index (Phi) is 6.92. The number of fused-ring (bicyclic) bond motifs is 2. The van der Waals surface area contributed by atoms with E-state index in [0.29, 0.717) is 30.5 Å². The summed E-state index contributed by atoms with van der Waals surface area (Å²) in [6, 6.07) is 11.2. The molecule has 2 saturated heterocycles. The molecule has 2 aromatic heterocycles. The molecule has 3 aliphatic heterocycles. The number of methoxy groups -OCH3 is 2. The summed E-state index contributed by atoms with van der Waals surface area (Å²) in [5.74, 6) is 0.706. The molecule has 0 radical (unpaired) electrons. The zero-order valence-corrected chi connectivity index (χ0v) is 25.5. The molecular formula is C33H32N4O6S. The summed E-state index contributed by atoms with van der Waals surface area (Å²) in [6.45, 7) is 1.86. The molecular weight excluding hydrogens is 580 g/mol. The number of ether oxygens (including phenoxy) is 2. The highest BCUT2D eigenvalue weighted by Gasteiger charge is 2.39. The van der Waals surface area contributed by atoms with E-state index < -0.39 is 11.9 Å². The van der Waals surface area contributed by atoms with Crippen molar-refractivity contribution in [3.8, 4) is 22.6 Å². The van der Waals surface area contributed by atoms with Gasteiger partial charge < -0.3 is 23.8 Å². The van der Waals surface area contributed by atoms with Gasteiger partial charge >= 0.3 is 0 Å². The van der Waals surface area contributed by atoms with Gasteiger partial charge in [0, 0.05) is 72.3 Å². The minimum atomic E-state index is -0.633. The maximum absolute atomic E-state index is 13.4. The van der Waals surface area contributed by atoms with E-state index in [0.717, 1.165) is 57.1 Å². The third-order valence-electron chi connectivity index (χ3n) is 9.11. The highest BCUT2D eigenvalue weighted by Crippen LogP contribution is 2.45. The average Bonchev–Trinajstić information content (AvgIpc) is 3.78. The van der Waals surface area contributed by atoms with Crippen LogP contribution < -0.4 is 25.2 Å². The lowest BCUT2D eigenvalue weighted by molar-refractivity contribution is -0.136. The second-order valence-electron chi connectivity index (χ2n) is 11.6. The van der Waals surface area contributed by atoms with Crippen molar-refractivity contribution in [2.24, 2.45) is 7.05 Å². The zero-order valence-electron chi connectivity index (χ0n) is 24.7. The Morgan fingerprint density at radius 2 is 1.73 bits per heavy atom. The molecule has 0 bridgehead atoms. The lowest BCUT2D eigenvalue weighted by Gasteiger charge is -2.29. The number of thiophene rings is 1. The van der Waals surface area contributed by atoms with Crippen LogP contribution >= 0.6 is 11.3 Å². The van der Waals surface area contributed by atoms with Gasteiger partial charge in [0.2, 0.25) is 11.8 Å². The number of rotatable bonds is 6. The van der Waals surface area contributed by atoms with Crippen LogP contribution in [0.5, 0.6) is 11.5 Å². The average molecular weight is 613 g/mol. The summed E-state index contributed by atoms with van der Waals surface area (Å²) in [4.78, 5) is 53.9. The SMILES string of the molecule is COc1cc(-c2cn(C)c(=O)c3ccsc23)cc(OC)c1C1CCN(c2ccc3c(c2)C(=O)N(C2CCC(=O)NC2=O)C3)C1. The second kappa shape index (κ2) is 10.8. The molecule has 0 spiro atoms. The Bertz CT molecular complexity index is 1890. The number of pyridine rings is 1. The summed E-state index contributed by atoms with van der Waals surface area (Å²) in [5.41, 5.74) is 5.27. The van der Waals surface area contributed by atoms with Crippen molar-refractivity contribution in [1.29, 1.82) is 0 Å². The fraction of sp³-hybridized carbons (Fsp3) is 0.333. The number of piperidine rings is 1. The van der Waals surface area contributed by atoms with Crippen LogP contribution in [-0.2, 0) is 23.2 Å². The molecule has 0 saturated carbocycles. The first-order chi connectivity index (χ1) is 21.3. The van der Waals surface area contributed by atoms with E-state index in [1.165, 1.54) is 0 Å². The maximum Gasteiger partial charge on any atom is 0.259 e. The molecule has 2 aromatic carbocycles. The van der Waals surface area contributed by atoms with Gasteiger partial charge in [0.15, 0.2) is 0 Å². The number of aryl methyl sites for hydroxylation is 1. The van der Waals surface area contributed by atoms with Gasteiger partial charge in [-0.25, -0.2) is 0 Å². The van der Waals surface area contributed by atoms with Gasteiger partial charge in [0.25, 0.3) is 11.5 Å². The normalized spacial score (nSPS) is 19.9. The highest BCUT2D eigenvalue weighted by atomic mass is 32.1. The van der Waals surface area contributed by atoms with Crippen molar-refractivity contribution in [3.05, 3.63) is 75.0 Å². The Morgan fingerprint density at radius 3 is 2.45 bits per heavy atom. The lowest BCUT2D eigenvalue weighted by atomic mass is 9.93. The highest BCUT2D eigenvalue weighted by molar-refractivity contribution is 7.17. The summed E-state index contributed by atoms with van der Waals surface area (Å²) < 4.78 is 14.4. The van der Waals surface area contributed by atoms with Crippen LogP contribution in [0.4, 0.5) is 5.69 Å². The molecule has 2 atom stereocenters. The van der Waals surface area contributed by atoms with E-state index in [4.69, 9.17) is 9.47 Å². The standard InChI is InChI=1S/C33H32N4O6S/c1-35-17-24(30-22(32(35)40)9-11-44-30)20-12-26(42-2)29(27(13-20)43-3)19-8-10-36(15-19)21-5-4-18-16-37(33(41)23(18)14-21)25-6-7-28(38)34-31(25)39/h4-5,9,11-14,17,19,25H,6-8,10,15-16H2,1-3H3,(H,34,38,39). The number of nitrogens with zero attached hydrogens (tertiary/aromatic N) is 3. The van der Waals surface area contributed by atoms with Crippen molar-refractivity contribution >= 4 is 44.8 Å². The van der Waals surface area contributed by atoms with Crippen molar-refractivity contribution in [2.45, 2.75) is 37.8 Å². The number of carbonyl (C=O) groups excluding carboxylic acids is 3. The fourth-order valence-electron chi connectivity index (χ4n) is 6.86. The number of imide groups is 1. The van der Waals surface area contributed by atoms with Gasteiger partial charge in [0.05, 0.1) is 19.6 Å². The van der Waals surface area contributed by atoms with E-state index in [-0.39, 0.29) is 29.7 Å². The maximum atomic E-state index is 13.4. The molecule has 5 heterocycles. The van der Waals surface area contributed by atoms with Crippen LogP contribution in [0.25, 0.3) is 21.2 Å². The topological polar surface area (TPSA) is 110 Å². The van der Waals surface area contributed by atoms with Crippen LogP contribution in [0.15, 0.2) is 52.8 Å². The van der Waals surface area contributed by atoms with Crippen molar-refractivity contribution < 1.29 is 23.9 Å². The van der Waals surface area contributed by atoms with E-state index in [1.807, 2.05) is 48.0 Å². The molecule has 11 heteroatoms. The van der Waals surface area contributed by atoms with Gasteiger partial charge in [-0.2, -0.15) is 0 Å². The Hall–Kier alpha value is -4.64. The van der Waals surface area contributed by atoms with E-state index >= 15 is 0 Å². The zero-order chi connectivity index (χ0) is 30.7. The van der Waals surface area contributed by atoms with E-state index in [1.54, 1.807) is 42.1 Å². The van der Waals surface area contributed by atoms with Crippen molar-refractivity contribution in [1.82, 2.24) is 14.8 Å². The number of amides is 3. The number of anilines is 1. The van der Waals surface area contributed by atoms with Gasteiger partial charge in [-0.15, -0.1) is 11.3 Å². The number of aromatic nitrogens is 1. The molecule has 3 aliphatic rings. The molecule has 7 rings (SSSR count). The first-order valence-electron chi connectivity index (χ1n) is 14.6. The monoisotopic (exact) mass is 612 g/mol. The number of hydrogen-bond acceptors (Lipinski definition) is 8. The number of carbonyl (C=O) groups is 3. The second-order valence-corrected chi connectivity index (χ2v) is 12.5. The van der Waals surface area contributed by atoms with E-state index in [9.17, 15) is 19.2 Å². The fourth-order valence-corrected chi connectivity index (χ4v) is 7.78. The third kappa shape index (κ3) is 4.54.